The molecule has 0 saturated carbocycles. The smallest absolute Gasteiger partial charge is 0.229 e. The van der Waals surface area contributed by atoms with Gasteiger partial charge in [-0.3, -0.25) is 9.59 Å². The Balaban J connectivity index is 1.65. The zero-order chi connectivity index (χ0) is 18.7. The minimum atomic E-state index is -0.324. The highest BCUT2D eigenvalue weighted by Gasteiger charge is 2.34. The van der Waals surface area contributed by atoms with Gasteiger partial charge in [-0.2, -0.15) is 0 Å². The second kappa shape index (κ2) is 7.92. The van der Waals surface area contributed by atoms with E-state index in [1.54, 1.807) is 4.90 Å². The highest BCUT2D eigenvalue weighted by molar-refractivity contribution is 6.30. The lowest BCUT2D eigenvalue weighted by Gasteiger charge is -2.18. The number of carbonyl (C=O) groups is 2. The maximum Gasteiger partial charge on any atom is 0.229 e. The lowest BCUT2D eigenvalue weighted by molar-refractivity contribution is -0.128. The quantitative estimate of drug-likeness (QED) is 0.845. The fourth-order valence-corrected chi connectivity index (χ4v) is 3.39. The number of hydrogen-bond donors (Lipinski definition) is 1. The van der Waals surface area contributed by atoms with E-state index in [0.717, 1.165) is 16.8 Å². The van der Waals surface area contributed by atoms with E-state index in [2.05, 4.69) is 19.2 Å². The summed E-state index contributed by atoms with van der Waals surface area (Å²) in [6.07, 6.45) is 0.253. The number of likely N-dealkylation sites (tertiary alicyclic amines) is 1. The minimum absolute atomic E-state index is 0.0113. The first-order valence-electron chi connectivity index (χ1n) is 8.86. The Labute approximate surface area is 159 Å². The van der Waals surface area contributed by atoms with Gasteiger partial charge in [0.05, 0.1) is 5.92 Å². The SMILES string of the molecule is CC(C)c1ccccc1NC(=O)C1CC(=O)N(Cc2ccc(Cl)cc2)C1. The van der Waals surface area contributed by atoms with Crippen LogP contribution in [0.5, 0.6) is 0 Å². The van der Waals surface area contributed by atoms with Crippen LogP contribution in [0.1, 0.15) is 37.3 Å². The highest BCUT2D eigenvalue weighted by Crippen LogP contribution is 2.26. The minimum Gasteiger partial charge on any atom is -0.338 e. The monoisotopic (exact) mass is 370 g/mol. The van der Waals surface area contributed by atoms with Crippen molar-refractivity contribution in [3.63, 3.8) is 0 Å². The van der Waals surface area contributed by atoms with E-state index in [9.17, 15) is 9.59 Å². The molecule has 0 radical (unpaired) electrons. The van der Waals surface area contributed by atoms with Gasteiger partial charge in [0, 0.05) is 30.2 Å². The van der Waals surface area contributed by atoms with Crippen molar-refractivity contribution in [2.75, 3.05) is 11.9 Å². The molecule has 2 amide bonds. The number of nitrogens with one attached hydrogen (secondary N) is 1. The van der Waals surface area contributed by atoms with Crippen LogP contribution in [-0.2, 0) is 16.1 Å². The maximum absolute atomic E-state index is 12.7. The van der Waals surface area contributed by atoms with Crippen molar-refractivity contribution in [2.45, 2.75) is 32.7 Å². The molecule has 2 aromatic rings. The number of para-hydroxylation sites is 1. The Morgan fingerprint density at radius 3 is 2.58 bits per heavy atom. The van der Waals surface area contributed by atoms with Crippen LogP contribution in [0.2, 0.25) is 5.02 Å². The van der Waals surface area contributed by atoms with Crippen LogP contribution in [-0.4, -0.2) is 23.3 Å². The molecule has 1 aliphatic rings. The summed E-state index contributed by atoms with van der Waals surface area (Å²) in [6.45, 7) is 5.13. The molecule has 3 rings (SSSR count). The number of anilines is 1. The Morgan fingerprint density at radius 1 is 1.19 bits per heavy atom. The van der Waals surface area contributed by atoms with Gasteiger partial charge in [-0.25, -0.2) is 0 Å². The van der Waals surface area contributed by atoms with Crippen LogP contribution in [0.15, 0.2) is 48.5 Å². The van der Waals surface area contributed by atoms with Crippen molar-refractivity contribution >= 4 is 29.1 Å². The molecule has 1 fully saturated rings. The summed E-state index contributed by atoms with van der Waals surface area (Å²) < 4.78 is 0. The molecule has 1 N–H and O–H groups in total. The van der Waals surface area contributed by atoms with E-state index < -0.39 is 0 Å². The first-order valence-corrected chi connectivity index (χ1v) is 9.24. The molecule has 26 heavy (non-hydrogen) atoms. The zero-order valence-electron chi connectivity index (χ0n) is 15.0. The van der Waals surface area contributed by atoms with Crippen LogP contribution in [0.25, 0.3) is 0 Å². The van der Waals surface area contributed by atoms with Crippen molar-refractivity contribution in [2.24, 2.45) is 5.92 Å². The van der Waals surface area contributed by atoms with Gasteiger partial charge in [0.1, 0.15) is 0 Å². The van der Waals surface area contributed by atoms with Gasteiger partial charge < -0.3 is 10.2 Å². The molecule has 0 bridgehead atoms. The van der Waals surface area contributed by atoms with Gasteiger partial charge in [0.25, 0.3) is 0 Å². The Hall–Kier alpha value is -2.33. The summed E-state index contributed by atoms with van der Waals surface area (Å²) in [5.41, 5.74) is 2.94. The van der Waals surface area contributed by atoms with Crippen molar-refractivity contribution in [1.29, 1.82) is 0 Å². The zero-order valence-corrected chi connectivity index (χ0v) is 15.8. The van der Waals surface area contributed by atoms with Gasteiger partial charge in [0.15, 0.2) is 0 Å². The average Bonchev–Trinajstić information content (AvgIpc) is 2.98. The molecule has 1 unspecified atom stereocenters. The molecular weight excluding hydrogens is 348 g/mol. The van der Waals surface area contributed by atoms with E-state index in [-0.39, 0.29) is 24.2 Å². The van der Waals surface area contributed by atoms with Crippen LogP contribution < -0.4 is 5.32 Å². The third-order valence-corrected chi connectivity index (χ3v) is 4.96. The average molecular weight is 371 g/mol. The number of hydrogen-bond acceptors (Lipinski definition) is 2. The maximum atomic E-state index is 12.7. The molecule has 0 aliphatic carbocycles. The largest absolute Gasteiger partial charge is 0.338 e. The first-order chi connectivity index (χ1) is 12.4. The van der Waals surface area contributed by atoms with Crippen LogP contribution in [0.3, 0.4) is 0 Å². The molecule has 4 nitrogen and oxygen atoms in total. The summed E-state index contributed by atoms with van der Waals surface area (Å²) in [7, 11) is 0. The Morgan fingerprint density at radius 2 is 1.88 bits per heavy atom. The van der Waals surface area contributed by atoms with Crippen LogP contribution in [0.4, 0.5) is 5.69 Å². The second-order valence-electron chi connectivity index (χ2n) is 7.03. The molecule has 1 aliphatic heterocycles. The lowest BCUT2D eigenvalue weighted by Crippen LogP contribution is -2.28. The van der Waals surface area contributed by atoms with E-state index in [0.29, 0.717) is 24.0 Å². The number of carbonyl (C=O) groups excluding carboxylic acids is 2. The number of nitrogens with zero attached hydrogens (tertiary/aromatic N) is 1. The highest BCUT2D eigenvalue weighted by atomic mass is 35.5. The standard InChI is InChI=1S/C21H23ClN2O2/c1-14(2)18-5-3-4-6-19(18)23-21(26)16-11-20(25)24(13-16)12-15-7-9-17(22)10-8-15/h3-10,14,16H,11-13H2,1-2H3,(H,23,26). The third-order valence-electron chi connectivity index (χ3n) is 4.71. The summed E-state index contributed by atoms with van der Waals surface area (Å²) in [6, 6.07) is 15.2. The van der Waals surface area contributed by atoms with Crippen molar-refractivity contribution in [3.05, 3.63) is 64.7 Å². The number of halogens is 1. The van der Waals surface area contributed by atoms with Crippen LogP contribution >= 0.6 is 11.6 Å². The van der Waals surface area contributed by atoms with Gasteiger partial charge in [-0.15, -0.1) is 0 Å². The predicted molar refractivity (Wildman–Crippen MR) is 104 cm³/mol. The molecule has 1 saturated heterocycles. The van der Waals surface area contributed by atoms with Gasteiger partial charge >= 0.3 is 0 Å². The molecule has 2 aromatic carbocycles. The Kier molecular flexibility index (Phi) is 5.62. The second-order valence-corrected chi connectivity index (χ2v) is 7.47. The Bertz CT molecular complexity index is 802. The molecule has 1 atom stereocenters. The van der Waals surface area contributed by atoms with Gasteiger partial charge in [-0.1, -0.05) is 55.8 Å². The topological polar surface area (TPSA) is 49.4 Å². The fourth-order valence-electron chi connectivity index (χ4n) is 3.26. The van der Waals surface area contributed by atoms with Gasteiger partial charge in [-0.05, 0) is 35.2 Å². The number of benzene rings is 2. The van der Waals surface area contributed by atoms with Gasteiger partial charge in [0.2, 0.25) is 11.8 Å². The van der Waals surface area contributed by atoms with Crippen molar-refractivity contribution in [1.82, 2.24) is 4.90 Å². The predicted octanol–water partition coefficient (Wildman–Crippen LogP) is 4.45. The molecule has 136 valence electrons. The molecular formula is C21H23ClN2O2. The lowest BCUT2D eigenvalue weighted by atomic mass is 10.0. The molecule has 5 heteroatoms. The number of amides is 2. The summed E-state index contributed by atoms with van der Waals surface area (Å²) >= 11 is 5.90. The van der Waals surface area contributed by atoms with E-state index in [1.165, 1.54) is 0 Å². The molecule has 0 aromatic heterocycles. The number of rotatable bonds is 5. The molecule has 0 spiro atoms. The summed E-state index contributed by atoms with van der Waals surface area (Å²) in [4.78, 5) is 26.7. The van der Waals surface area contributed by atoms with Crippen LogP contribution in [0, 0.1) is 5.92 Å². The third kappa shape index (κ3) is 4.25. The van der Waals surface area contributed by atoms with E-state index in [4.69, 9.17) is 11.6 Å². The molecule has 1 heterocycles. The van der Waals surface area contributed by atoms with Crippen molar-refractivity contribution in [3.8, 4) is 0 Å². The summed E-state index contributed by atoms with van der Waals surface area (Å²) in [5.74, 6) is -0.0876. The van der Waals surface area contributed by atoms with E-state index in [1.807, 2.05) is 48.5 Å². The van der Waals surface area contributed by atoms with Crippen molar-refractivity contribution < 1.29 is 9.59 Å². The first kappa shape index (κ1) is 18.5. The normalized spacial score (nSPS) is 17.0. The van der Waals surface area contributed by atoms with E-state index >= 15 is 0 Å². The fraction of sp³-hybridized carbons (Fsp3) is 0.333. The summed E-state index contributed by atoms with van der Waals surface area (Å²) in [5, 5.41) is 3.68.